The van der Waals surface area contributed by atoms with Crippen LogP contribution >= 0.6 is 0 Å². The minimum Gasteiger partial charge on any atom is -0.469 e. The highest BCUT2D eigenvalue weighted by molar-refractivity contribution is 6.06. The summed E-state index contributed by atoms with van der Waals surface area (Å²) in [5.74, 6) is -1.63. The maximum absolute atomic E-state index is 11.6. The molecule has 0 aliphatic rings. The Labute approximate surface area is 106 Å². The molecular weight excluding hydrogens is 260 g/mol. The second kappa shape index (κ2) is 5.67. The highest BCUT2D eigenvalue weighted by atomic mass is 16.6. The van der Waals surface area contributed by atoms with Crippen LogP contribution in [0.5, 0.6) is 0 Å². The van der Waals surface area contributed by atoms with Gasteiger partial charge >= 0.3 is 5.97 Å². The van der Waals surface area contributed by atoms with Gasteiger partial charge in [-0.25, -0.2) is 0 Å². The molecule has 0 spiro atoms. The third-order valence-corrected chi connectivity index (χ3v) is 2.18. The molecule has 0 saturated carbocycles. The third kappa shape index (κ3) is 3.56. The van der Waals surface area contributed by atoms with Gasteiger partial charge in [0.25, 0.3) is 11.4 Å². The summed E-state index contributed by atoms with van der Waals surface area (Å²) in [6, 6.07) is 2.48. The normalized spacial score (nSPS) is 9.74. The number of non-ortho nitro benzene ring substituents is 2. The monoisotopic (exact) mass is 268 g/mol. The van der Waals surface area contributed by atoms with Crippen molar-refractivity contribution in [2.75, 3.05) is 7.11 Å². The molecule has 1 aromatic rings. The summed E-state index contributed by atoms with van der Waals surface area (Å²) >= 11 is 0. The van der Waals surface area contributed by atoms with Crippen molar-refractivity contribution in [2.24, 2.45) is 0 Å². The van der Waals surface area contributed by atoms with Crippen molar-refractivity contribution in [2.45, 2.75) is 6.42 Å². The molecule has 1 aromatic carbocycles. The van der Waals surface area contributed by atoms with Crippen LogP contribution in [0.2, 0.25) is 0 Å². The van der Waals surface area contributed by atoms with E-state index in [0.717, 1.165) is 25.3 Å². The number of carbonyl (C=O) groups is 2. The van der Waals surface area contributed by atoms with Crippen LogP contribution < -0.4 is 0 Å². The fourth-order valence-electron chi connectivity index (χ4n) is 1.27. The average Bonchev–Trinajstić information content (AvgIpc) is 2.37. The molecule has 0 unspecified atom stereocenters. The van der Waals surface area contributed by atoms with Crippen LogP contribution in [0, 0.1) is 20.2 Å². The van der Waals surface area contributed by atoms with E-state index in [9.17, 15) is 29.8 Å². The van der Waals surface area contributed by atoms with Gasteiger partial charge in [-0.15, -0.1) is 0 Å². The second-order valence-corrected chi connectivity index (χ2v) is 3.43. The number of nitro benzene ring substituents is 2. The highest BCUT2D eigenvalue weighted by Gasteiger charge is 2.21. The number of nitro groups is 2. The highest BCUT2D eigenvalue weighted by Crippen LogP contribution is 2.23. The Morgan fingerprint density at radius 2 is 1.58 bits per heavy atom. The predicted molar refractivity (Wildman–Crippen MR) is 60.7 cm³/mol. The number of methoxy groups -OCH3 is 1. The number of hydrogen-bond acceptors (Lipinski definition) is 7. The summed E-state index contributed by atoms with van der Waals surface area (Å²) < 4.78 is 4.27. The Kier molecular flexibility index (Phi) is 4.24. The first kappa shape index (κ1) is 14.2. The van der Waals surface area contributed by atoms with Crippen molar-refractivity contribution in [3.8, 4) is 0 Å². The first-order valence-corrected chi connectivity index (χ1v) is 4.89. The minimum atomic E-state index is -0.859. The van der Waals surface area contributed by atoms with E-state index in [1.165, 1.54) is 0 Å². The van der Waals surface area contributed by atoms with E-state index in [2.05, 4.69) is 4.74 Å². The number of ketones is 1. The Balaban J connectivity index is 3.19. The Morgan fingerprint density at radius 3 is 1.95 bits per heavy atom. The quantitative estimate of drug-likeness (QED) is 0.258. The Morgan fingerprint density at radius 1 is 1.11 bits per heavy atom. The van der Waals surface area contributed by atoms with Gasteiger partial charge in [-0.2, -0.15) is 0 Å². The molecule has 0 aliphatic carbocycles. The third-order valence-electron chi connectivity index (χ3n) is 2.18. The minimum absolute atomic E-state index is 0.286. The molecule has 0 N–H and O–H groups in total. The summed E-state index contributed by atoms with van der Waals surface area (Å²) in [6.45, 7) is 0. The van der Waals surface area contributed by atoms with Crippen molar-refractivity contribution < 1.29 is 24.2 Å². The number of carbonyl (C=O) groups excluding carboxylic acids is 2. The van der Waals surface area contributed by atoms with Crippen LogP contribution in [0.25, 0.3) is 0 Å². The van der Waals surface area contributed by atoms with Crippen molar-refractivity contribution in [3.63, 3.8) is 0 Å². The first-order chi connectivity index (χ1) is 8.85. The fourth-order valence-corrected chi connectivity index (χ4v) is 1.27. The largest absolute Gasteiger partial charge is 0.469 e. The SMILES string of the molecule is COC(=O)CC(=O)c1cc([N+](=O)[O-])cc([N+](=O)[O-])c1. The van der Waals surface area contributed by atoms with Gasteiger partial charge in [0, 0.05) is 17.7 Å². The number of rotatable bonds is 5. The number of Topliss-reactive ketones (excluding diaryl/α,β-unsaturated/α-hetero) is 1. The molecule has 0 amide bonds. The fraction of sp³-hybridized carbons (Fsp3) is 0.200. The molecule has 1 rings (SSSR count). The first-order valence-electron chi connectivity index (χ1n) is 4.89. The molecule has 100 valence electrons. The van der Waals surface area contributed by atoms with Gasteiger partial charge in [0.15, 0.2) is 5.78 Å². The van der Waals surface area contributed by atoms with E-state index in [1.54, 1.807) is 0 Å². The van der Waals surface area contributed by atoms with Gasteiger partial charge in [0.05, 0.1) is 23.0 Å². The lowest BCUT2D eigenvalue weighted by atomic mass is 10.1. The van der Waals surface area contributed by atoms with Crippen LogP contribution in [0.1, 0.15) is 16.8 Å². The van der Waals surface area contributed by atoms with Crippen LogP contribution in [0.15, 0.2) is 18.2 Å². The van der Waals surface area contributed by atoms with Gasteiger partial charge in [-0.1, -0.05) is 0 Å². The standard InChI is InChI=1S/C10H8N2O7/c1-19-10(14)5-9(13)6-2-7(11(15)16)4-8(3-6)12(17)18/h2-4H,5H2,1H3. The van der Waals surface area contributed by atoms with Crippen molar-refractivity contribution >= 4 is 23.1 Å². The summed E-state index contributed by atoms with van der Waals surface area (Å²) in [4.78, 5) is 42.0. The molecule has 0 aromatic heterocycles. The Hall–Kier alpha value is -2.84. The number of ether oxygens (including phenoxy) is 1. The van der Waals surface area contributed by atoms with Crippen molar-refractivity contribution in [1.82, 2.24) is 0 Å². The zero-order chi connectivity index (χ0) is 14.6. The zero-order valence-corrected chi connectivity index (χ0v) is 9.69. The van der Waals surface area contributed by atoms with Gasteiger partial charge in [0.1, 0.15) is 6.42 Å². The molecule has 0 bridgehead atoms. The number of benzene rings is 1. The maximum Gasteiger partial charge on any atom is 0.313 e. The van der Waals surface area contributed by atoms with Gasteiger partial charge in [-0.3, -0.25) is 29.8 Å². The van der Waals surface area contributed by atoms with E-state index in [4.69, 9.17) is 0 Å². The predicted octanol–water partition coefficient (Wildman–Crippen LogP) is 1.25. The molecule has 9 nitrogen and oxygen atoms in total. The maximum atomic E-state index is 11.6. The van der Waals surface area contributed by atoms with Crippen LogP contribution in [0.3, 0.4) is 0 Å². The number of nitrogens with zero attached hydrogens (tertiary/aromatic N) is 2. The van der Waals surface area contributed by atoms with Crippen LogP contribution in [-0.2, 0) is 9.53 Å². The molecule has 0 radical (unpaired) electrons. The molecular formula is C10H8N2O7. The molecule has 0 fully saturated rings. The molecule has 9 heteroatoms. The second-order valence-electron chi connectivity index (χ2n) is 3.43. The van der Waals surface area contributed by atoms with Gasteiger partial charge in [0.2, 0.25) is 0 Å². The summed E-state index contributed by atoms with van der Waals surface area (Å²) in [5.41, 5.74) is -1.48. The van der Waals surface area contributed by atoms with E-state index in [-0.39, 0.29) is 5.56 Å². The van der Waals surface area contributed by atoms with Crippen molar-refractivity contribution in [3.05, 3.63) is 44.0 Å². The lowest BCUT2D eigenvalue weighted by molar-refractivity contribution is -0.394. The van der Waals surface area contributed by atoms with Gasteiger partial charge in [-0.05, 0) is 0 Å². The average molecular weight is 268 g/mol. The molecule has 0 heterocycles. The van der Waals surface area contributed by atoms with Crippen molar-refractivity contribution in [1.29, 1.82) is 0 Å². The van der Waals surface area contributed by atoms with Gasteiger partial charge < -0.3 is 4.74 Å². The topological polar surface area (TPSA) is 130 Å². The zero-order valence-electron chi connectivity index (χ0n) is 9.69. The lowest BCUT2D eigenvalue weighted by Gasteiger charge is -2.01. The molecule has 19 heavy (non-hydrogen) atoms. The number of esters is 1. The number of hydrogen-bond donors (Lipinski definition) is 0. The Bertz CT molecular complexity index is 535. The molecule has 0 saturated heterocycles. The summed E-state index contributed by atoms with van der Waals surface area (Å²) in [6.07, 6.45) is -0.644. The summed E-state index contributed by atoms with van der Waals surface area (Å²) in [7, 11) is 1.07. The summed E-state index contributed by atoms with van der Waals surface area (Å²) in [5, 5.41) is 21.2. The molecule has 0 atom stereocenters. The lowest BCUT2D eigenvalue weighted by Crippen LogP contribution is -2.10. The van der Waals surface area contributed by atoms with E-state index in [1.807, 2.05) is 0 Å². The van der Waals surface area contributed by atoms with E-state index < -0.39 is 39.4 Å². The van der Waals surface area contributed by atoms with E-state index in [0.29, 0.717) is 0 Å². The van der Waals surface area contributed by atoms with Crippen LogP contribution in [-0.4, -0.2) is 28.7 Å². The van der Waals surface area contributed by atoms with E-state index >= 15 is 0 Å². The smallest absolute Gasteiger partial charge is 0.313 e. The molecule has 0 aliphatic heterocycles. The van der Waals surface area contributed by atoms with Crippen LogP contribution in [0.4, 0.5) is 11.4 Å².